The van der Waals surface area contributed by atoms with Crippen LogP contribution in [-0.2, 0) is 4.79 Å². The molecule has 5 rings (SSSR count). The first-order chi connectivity index (χ1) is 19.0. The summed E-state index contributed by atoms with van der Waals surface area (Å²) in [5.74, 6) is 1.11. The lowest BCUT2D eigenvalue weighted by Crippen LogP contribution is -2.48. The Hall–Kier alpha value is -4.34. The molecule has 0 radical (unpaired) electrons. The van der Waals surface area contributed by atoms with E-state index in [0.717, 1.165) is 17.0 Å². The number of halogens is 1. The number of nitrogens with zero attached hydrogens (tertiary/aromatic N) is 2. The van der Waals surface area contributed by atoms with Gasteiger partial charge in [0, 0.05) is 43.5 Å². The lowest BCUT2D eigenvalue weighted by molar-refractivity contribution is -0.115. The van der Waals surface area contributed by atoms with E-state index in [1.54, 1.807) is 35.2 Å². The fourth-order valence-corrected chi connectivity index (χ4v) is 4.74. The van der Waals surface area contributed by atoms with E-state index in [0.29, 0.717) is 48.4 Å². The summed E-state index contributed by atoms with van der Waals surface area (Å²) < 4.78 is 11.0. The van der Waals surface area contributed by atoms with Crippen LogP contribution in [0, 0.1) is 0 Å². The van der Waals surface area contributed by atoms with Crippen molar-refractivity contribution in [3.8, 4) is 11.3 Å². The zero-order valence-corrected chi connectivity index (χ0v) is 22.4. The van der Waals surface area contributed by atoms with Gasteiger partial charge in [-0.15, -0.1) is 0 Å². The molecule has 0 bridgehead atoms. The number of rotatable bonds is 6. The molecular formula is C29H25ClN4O4S. The quantitative estimate of drug-likeness (QED) is 0.231. The molecule has 1 aliphatic rings. The maximum absolute atomic E-state index is 12.5. The normalized spacial score (nSPS) is 13.5. The molecule has 198 valence electrons. The van der Waals surface area contributed by atoms with Gasteiger partial charge in [0.1, 0.15) is 11.5 Å². The Labute approximate surface area is 235 Å². The highest BCUT2D eigenvalue weighted by atomic mass is 35.5. The molecule has 0 spiro atoms. The molecule has 0 unspecified atom stereocenters. The van der Waals surface area contributed by atoms with Gasteiger partial charge in [-0.3, -0.25) is 14.9 Å². The van der Waals surface area contributed by atoms with E-state index < -0.39 is 5.91 Å². The third kappa shape index (κ3) is 6.57. The van der Waals surface area contributed by atoms with Gasteiger partial charge >= 0.3 is 0 Å². The van der Waals surface area contributed by atoms with Crippen LogP contribution in [0.4, 0.5) is 11.4 Å². The number of carbonyl (C=O) groups excluding carboxylic acids is 2. The highest BCUT2D eigenvalue weighted by Crippen LogP contribution is 2.30. The van der Waals surface area contributed by atoms with Crippen LogP contribution in [0.3, 0.4) is 0 Å². The van der Waals surface area contributed by atoms with Crippen LogP contribution in [0.15, 0.2) is 94.0 Å². The van der Waals surface area contributed by atoms with E-state index in [9.17, 15) is 9.59 Å². The number of nitrogens with one attached hydrogen (secondary N) is 2. The van der Waals surface area contributed by atoms with Gasteiger partial charge in [-0.1, -0.05) is 41.9 Å². The zero-order chi connectivity index (χ0) is 27.2. The number of benzene rings is 2. The number of anilines is 2. The van der Waals surface area contributed by atoms with E-state index in [1.807, 2.05) is 48.5 Å². The minimum Gasteiger partial charge on any atom is -0.459 e. The minimum atomic E-state index is -0.394. The van der Waals surface area contributed by atoms with Crippen LogP contribution in [0.5, 0.6) is 0 Å². The van der Waals surface area contributed by atoms with Crippen LogP contribution in [-0.4, -0.2) is 48.0 Å². The Balaban J connectivity index is 1.11. The molecule has 1 aliphatic heterocycles. The highest BCUT2D eigenvalue weighted by molar-refractivity contribution is 7.80. The number of amides is 2. The number of hydrogen-bond donors (Lipinski definition) is 2. The van der Waals surface area contributed by atoms with E-state index in [4.69, 9.17) is 32.7 Å². The first kappa shape index (κ1) is 26.3. The second kappa shape index (κ2) is 12.0. The number of carbonyl (C=O) groups is 2. The van der Waals surface area contributed by atoms with Crippen molar-refractivity contribution in [3.63, 3.8) is 0 Å². The molecule has 2 aromatic carbocycles. The smallest absolute Gasteiger partial charge is 0.289 e. The molecule has 1 fully saturated rings. The summed E-state index contributed by atoms with van der Waals surface area (Å²) in [6, 6.07) is 22.2. The first-order valence-corrected chi connectivity index (χ1v) is 13.1. The SMILES string of the molecule is O=C(/C=C/c1ccc(-c2ccccc2)o1)NC(=S)Nc1ccc(N2CCN(C(=O)c3ccco3)CC2)c(Cl)c1. The third-order valence-corrected chi connectivity index (χ3v) is 6.67. The number of thiocarbonyl (C=S) groups is 1. The van der Waals surface area contributed by atoms with E-state index >= 15 is 0 Å². The van der Waals surface area contributed by atoms with Crippen molar-refractivity contribution in [1.82, 2.24) is 10.2 Å². The van der Waals surface area contributed by atoms with Crippen molar-refractivity contribution in [3.05, 3.63) is 102 Å². The monoisotopic (exact) mass is 560 g/mol. The second-order valence-electron chi connectivity index (χ2n) is 8.77. The molecule has 0 saturated carbocycles. The van der Waals surface area contributed by atoms with E-state index in [-0.39, 0.29) is 11.0 Å². The fourth-order valence-electron chi connectivity index (χ4n) is 4.22. The number of piperazine rings is 1. The predicted molar refractivity (Wildman–Crippen MR) is 156 cm³/mol. The minimum absolute atomic E-state index is 0.114. The molecule has 4 aromatic rings. The topological polar surface area (TPSA) is 91.0 Å². The van der Waals surface area contributed by atoms with Crippen molar-refractivity contribution >= 4 is 58.2 Å². The van der Waals surface area contributed by atoms with Gasteiger partial charge in [-0.25, -0.2) is 0 Å². The average molecular weight is 561 g/mol. The van der Waals surface area contributed by atoms with Crippen LogP contribution in [0.1, 0.15) is 16.3 Å². The first-order valence-electron chi connectivity index (χ1n) is 12.3. The molecule has 2 amide bonds. The molecule has 2 N–H and O–H groups in total. The van der Waals surface area contributed by atoms with Crippen molar-refractivity contribution in [2.75, 3.05) is 36.4 Å². The average Bonchev–Trinajstić information content (AvgIpc) is 3.65. The maximum atomic E-state index is 12.5. The van der Waals surface area contributed by atoms with Gasteiger partial charge in [0.15, 0.2) is 10.9 Å². The summed E-state index contributed by atoms with van der Waals surface area (Å²) >= 11 is 11.9. The second-order valence-corrected chi connectivity index (χ2v) is 9.58. The lowest BCUT2D eigenvalue weighted by atomic mass is 10.2. The van der Waals surface area contributed by atoms with Gasteiger partial charge in [-0.05, 0) is 60.8 Å². The van der Waals surface area contributed by atoms with Gasteiger partial charge < -0.3 is 24.0 Å². The largest absolute Gasteiger partial charge is 0.459 e. The maximum Gasteiger partial charge on any atom is 0.289 e. The van der Waals surface area contributed by atoms with Gasteiger partial charge in [0.05, 0.1) is 17.0 Å². The molecule has 0 atom stereocenters. The van der Waals surface area contributed by atoms with Crippen LogP contribution in [0.25, 0.3) is 17.4 Å². The Bertz CT molecular complexity index is 1490. The van der Waals surface area contributed by atoms with Crippen LogP contribution >= 0.6 is 23.8 Å². The van der Waals surface area contributed by atoms with Crippen molar-refractivity contribution in [1.29, 1.82) is 0 Å². The standard InChI is InChI=1S/C29H25ClN4O4S/c30-23-19-21(8-11-24(23)33-14-16-34(17-15-33)28(36)26-7-4-18-37-26)31-29(39)32-27(35)13-10-22-9-12-25(38-22)20-5-2-1-3-6-20/h1-13,18-19H,14-17H2,(H2,31,32,35,39)/b13-10+. The number of hydrogen-bond acceptors (Lipinski definition) is 6. The Morgan fingerprint density at radius 2 is 1.74 bits per heavy atom. The third-order valence-electron chi connectivity index (χ3n) is 6.17. The molecule has 1 saturated heterocycles. The Morgan fingerprint density at radius 1 is 0.949 bits per heavy atom. The van der Waals surface area contributed by atoms with Crippen molar-refractivity contribution < 1.29 is 18.4 Å². The summed E-state index contributed by atoms with van der Waals surface area (Å²) in [4.78, 5) is 28.7. The Kier molecular flexibility index (Phi) is 8.10. The molecule has 39 heavy (non-hydrogen) atoms. The van der Waals surface area contributed by atoms with E-state index in [1.165, 1.54) is 12.3 Å². The molecule has 8 nitrogen and oxygen atoms in total. The number of furan rings is 2. The lowest BCUT2D eigenvalue weighted by Gasteiger charge is -2.36. The summed E-state index contributed by atoms with van der Waals surface area (Å²) in [5, 5.41) is 6.27. The predicted octanol–water partition coefficient (Wildman–Crippen LogP) is 5.68. The summed E-state index contributed by atoms with van der Waals surface area (Å²) in [7, 11) is 0. The highest BCUT2D eigenvalue weighted by Gasteiger charge is 2.24. The molecule has 10 heteroatoms. The van der Waals surface area contributed by atoms with Crippen LogP contribution in [0.2, 0.25) is 5.02 Å². The zero-order valence-electron chi connectivity index (χ0n) is 20.8. The summed E-state index contributed by atoms with van der Waals surface area (Å²) in [6.45, 7) is 2.40. The summed E-state index contributed by atoms with van der Waals surface area (Å²) in [5.41, 5.74) is 2.46. The molecule has 0 aliphatic carbocycles. The van der Waals surface area contributed by atoms with Crippen molar-refractivity contribution in [2.45, 2.75) is 0 Å². The van der Waals surface area contributed by atoms with Gasteiger partial charge in [0.25, 0.3) is 5.91 Å². The van der Waals surface area contributed by atoms with Gasteiger partial charge in [0.2, 0.25) is 5.91 Å². The van der Waals surface area contributed by atoms with E-state index in [2.05, 4.69) is 15.5 Å². The van der Waals surface area contributed by atoms with Gasteiger partial charge in [-0.2, -0.15) is 0 Å². The Morgan fingerprint density at radius 3 is 2.46 bits per heavy atom. The molecule has 2 aromatic heterocycles. The molecular weight excluding hydrogens is 536 g/mol. The fraction of sp³-hybridized carbons (Fsp3) is 0.138. The van der Waals surface area contributed by atoms with Crippen molar-refractivity contribution in [2.24, 2.45) is 0 Å². The van der Waals surface area contributed by atoms with Crippen LogP contribution < -0.4 is 15.5 Å². The molecule has 3 heterocycles. The summed E-state index contributed by atoms with van der Waals surface area (Å²) in [6.07, 6.45) is 4.43.